The zero-order valence-corrected chi connectivity index (χ0v) is 17.5. The van der Waals surface area contributed by atoms with Gasteiger partial charge >= 0.3 is 6.03 Å². The number of aromatic nitrogens is 3. The molecule has 2 N–H and O–H groups in total. The fourth-order valence-electron chi connectivity index (χ4n) is 2.57. The summed E-state index contributed by atoms with van der Waals surface area (Å²) in [6, 6.07) is 16.4. The molecule has 3 amide bonds. The van der Waals surface area contributed by atoms with Crippen LogP contribution < -0.4 is 10.6 Å². The number of hydrogen-bond acceptors (Lipinski definition) is 5. The SMILES string of the molecule is CCNC(=O)NC(=O)[C@H](C)Sc1nnc(-c2ccc(Cl)cc2)n1-c1ccccc1. The minimum absolute atomic E-state index is 0.406. The molecule has 0 spiro atoms. The molecule has 29 heavy (non-hydrogen) atoms. The van der Waals surface area contributed by atoms with Crippen molar-refractivity contribution in [1.29, 1.82) is 0 Å². The topological polar surface area (TPSA) is 88.9 Å². The summed E-state index contributed by atoms with van der Waals surface area (Å²) in [6.07, 6.45) is 0. The molecular formula is C20H20ClN5O2S. The molecule has 0 saturated carbocycles. The van der Waals surface area contributed by atoms with Crippen molar-refractivity contribution in [3.8, 4) is 17.1 Å². The first-order chi connectivity index (χ1) is 14.0. The second-order valence-electron chi connectivity index (χ2n) is 6.09. The quantitative estimate of drug-likeness (QED) is 0.580. The Morgan fingerprint density at radius 3 is 2.45 bits per heavy atom. The van der Waals surface area contributed by atoms with Gasteiger partial charge in [0.15, 0.2) is 11.0 Å². The molecule has 150 valence electrons. The van der Waals surface area contributed by atoms with E-state index in [2.05, 4.69) is 20.8 Å². The van der Waals surface area contributed by atoms with E-state index in [1.807, 2.05) is 47.0 Å². The maximum absolute atomic E-state index is 12.3. The number of nitrogens with one attached hydrogen (secondary N) is 2. The number of imide groups is 1. The molecule has 1 aromatic heterocycles. The summed E-state index contributed by atoms with van der Waals surface area (Å²) in [7, 11) is 0. The van der Waals surface area contributed by atoms with Gasteiger partial charge in [-0.05, 0) is 50.2 Å². The lowest BCUT2D eigenvalue weighted by Crippen LogP contribution is -2.42. The van der Waals surface area contributed by atoms with E-state index in [1.54, 1.807) is 26.0 Å². The van der Waals surface area contributed by atoms with Crippen LogP contribution in [0.15, 0.2) is 59.8 Å². The average Bonchev–Trinajstić information content (AvgIpc) is 3.12. The fourth-order valence-corrected chi connectivity index (χ4v) is 3.57. The van der Waals surface area contributed by atoms with E-state index < -0.39 is 17.2 Å². The largest absolute Gasteiger partial charge is 0.338 e. The molecular weight excluding hydrogens is 410 g/mol. The van der Waals surface area contributed by atoms with E-state index in [0.29, 0.717) is 22.5 Å². The van der Waals surface area contributed by atoms with Crippen LogP contribution in [0.25, 0.3) is 17.1 Å². The minimum Gasteiger partial charge on any atom is -0.338 e. The van der Waals surface area contributed by atoms with Crippen LogP contribution in [-0.4, -0.2) is 38.5 Å². The highest BCUT2D eigenvalue weighted by molar-refractivity contribution is 8.00. The Kier molecular flexibility index (Phi) is 6.90. The summed E-state index contributed by atoms with van der Waals surface area (Å²) in [5.74, 6) is 0.225. The summed E-state index contributed by atoms with van der Waals surface area (Å²) in [6.45, 7) is 3.93. The van der Waals surface area contributed by atoms with Crippen LogP contribution in [0.1, 0.15) is 13.8 Å². The van der Waals surface area contributed by atoms with Crippen molar-refractivity contribution in [2.45, 2.75) is 24.3 Å². The summed E-state index contributed by atoms with van der Waals surface area (Å²) in [4.78, 5) is 23.9. The Bertz CT molecular complexity index is 992. The second-order valence-corrected chi connectivity index (χ2v) is 7.84. The number of thioether (sulfide) groups is 1. The zero-order chi connectivity index (χ0) is 20.8. The standard InChI is InChI=1S/C20H20ClN5O2S/c1-3-22-19(28)23-18(27)13(2)29-20-25-24-17(14-9-11-15(21)12-10-14)26(20)16-7-5-4-6-8-16/h4-13H,3H2,1-2H3,(H2,22,23,27,28)/t13-/m0/s1. The number of urea groups is 1. The maximum Gasteiger partial charge on any atom is 0.321 e. The van der Waals surface area contributed by atoms with Crippen molar-refractivity contribution in [3.05, 3.63) is 59.6 Å². The smallest absolute Gasteiger partial charge is 0.321 e. The van der Waals surface area contributed by atoms with Crippen LogP contribution in [0.3, 0.4) is 0 Å². The Hall–Kier alpha value is -2.84. The van der Waals surface area contributed by atoms with Gasteiger partial charge in [0.05, 0.1) is 5.25 Å². The molecule has 9 heteroatoms. The lowest BCUT2D eigenvalue weighted by molar-refractivity contribution is -0.119. The monoisotopic (exact) mass is 429 g/mol. The summed E-state index contributed by atoms with van der Waals surface area (Å²) in [5.41, 5.74) is 1.71. The van der Waals surface area contributed by atoms with Gasteiger partial charge in [0.25, 0.3) is 0 Å². The molecule has 2 aromatic carbocycles. The molecule has 0 saturated heterocycles. The molecule has 0 bridgehead atoms. The molecule has 0 radical (unpaired) electrons. The number of hydrogen-bond donors (Lipinski definition) is 2. The van der Waals surface area contributed by atoms with Gasteiger partial charge in [0, 0.05) is 22.8 Å². The highest BCUT2D eigenvalue weighted by Crippen LogP contribution is 2.30. The molecule has 0 fully saturated rings. The number of halogens is 1. The molecule has 3 rings (SSSR count). The molecule has 1 atom stereocenters. The Morgan fingerprint density at radius 1 is 1.10 bits per heavy atom. The number of benzene rings is 2. The lowest BCUT2D eigenvalue weighted by atomic mass is 10.2. The number of rotatable bonds is 6. The number of para-hydroxylation sites is 1. The van der Waals surface area contributed by atoms with Crippen molar-refractivity contribution in [3.63, 3.8) is 0 Å². The number of amides is 3. The normalized spacial score (nSPS) is 11.7. The molecule has 0 aliphatic carbocycles. The van der Waals surface area contributed by atoms with E-state index in [9.17, 15) is 9.59 Å². The molecule has 3 aromatic rings. The second kappa shape index (κ2) is 9.58. The predicted molar refractivity (Wildman–Crippen MR) is 114 cm³/mol. The zero-order valence-electron chi connectivity index (χ0n) is 15.9. The van der Waals surface area contributed by atoms with E-state index in [1.165, 1.54) is 11.8 Å². The Labute approximate surface area is 177 Å². The van der Waals surface area contributed by atoms with Crippen LogP contribution in [0.5, 0.6) is 0 Å². The van der Waals surface area contributed by atoms with Crippen molar-refractivity contribution < 1.29 is 9.59 Å². The highest BCUT2D eigenvalue weighted by atomic mass is 35.5. The maximum atomic E-state index is 12.3. The van der Waals surface area contributed by atoms with E-state index in [-0.39, 0.29) is 0 Å². The molecule has 0 unspecified atom stereocenters. The van der Waals surface area contributed by atoms with Gasteiger partial charge in [-0.25, -0.2) is 4.79 Å². The third-order valence-electron chi connectivity index (χ3n) is 3.98. The van der Waals surface area contributed by atoms with Crippen molar-refractivity contribution in [2.24, 2.45) is 0 Å². The number of carbonyl (C=O) groups excluding carboxylic acids is 2. The van der Waals surface area contributed by atoms with E-state index in [0.717, 1.165) is 11.3 Å². The summed E-state index contributed by atoms with van der Waals surface area (Å²) < 4.78 is 1.88. The molecule has 0 aliphatic heterocycles. The minimum atomic E-state index is -0.553. The Morgan fingerprint density at radius 2 is 1.79 bits per heavy atom. The fraction of sp³-hybridized carbons (Fsp3) is 0.200. The molecule has 7 nitrogen and oxygen atoms in total. The van der Waals surface area contributed by atoms with Gasteiger partial charge in [-0.15, -0.1) is 10.2 Å². The average molecular weight is 430 g/mol. The van der Waals surface area contributed by atoms with Crippen LogP contribution in [-0.2, 0) is 4.79 Å². The van der Waals surface area contributed by atoms with Crippen LogP contribution >= 0.6 is 23.4 Å². The first kappa shape index (κ1) is 20.9. The van der Waals surface area contributed by atoms with Gasteiger partial charge in [-0.1, -0.05) is 41.6 Å². The van der Waals surface area contributed by atoms with E-state index >= 15 is 0 Å². The number of carbonyl (C=O) groups is 2. The van der Waals surface area contributed by atoms with Crippen molar-refractivity contribution in [2.75, 3.05) is 6.54 Å². The third-order valence-corrected chi connectivity index (χ3v) is 5.27. The van der Waals surface area contributed by atoms with Gasteiger partial charge in [0.1, 0.15) is 0 Å². The summed E-state index contributed by atoms with van der Waals surface area (Å²) >= 11 is 7.23. The van der Waals surface area contributed by atoms with Gasteiger partial charge in [-0.2, -0.15) is 0 Å². The van der Waals surface area contributed by atoms with Crippen molar-refractivity contribution in [1.82, 2.24) is 25.4 Å². The first-order valence-electron chi connectivity index (χ1n) is 9.01. The van der Waals surface area contributed by atoms with Gasteiger partial charge < -0.3 is 5.32 Å². The Balaban J connectivity index is 1.92. The van der Waals surface area contributed by atoms with Crippen LogP contribution in [0.4, 0.5) is 4.79 Å². The molecule has 0 aliphatic rings. The van der Waals surface area contributed by atoms with Gasteiger partial charge in [0.2, 0.25) is 5.91 Å². The highest BCUT2D eigenvalue weighted by Gasteiger charge is 2.22. The first-order valence-corrected chi connectivity index (χ1v) is 10.3. The van der Waals surface area contributed by atoms with Crippen molar-refractivity contribution >= 4 is 35.3 Å². The summed E-state index contributed by atoms with van der Waals surface area (Å²) in [5, 5.41) is 14.1. The third kappa shape index (κ3) is 5.16. The lowest BCUT2D eigenvalue weighted by Gasteiger charge is -2.13. The predicted octanol–water partition coefficient (Wildman–Crippen LogP) is 3.91. The molecule has 1 heterocycles. The van der Waals surface area contributed by atoms with Crippen LogP contribution in [0, 0.1) is 0 Å². The van der Waals surface area contributed by atoms with Crippen LogP contribution in [0.2, 0.25) is 5.02 Å². The van der Waals surface area contributed by atoms with Gasteiger partial charge in [-0.3, -0.25) is 14.7 Å². The number of nitrogens with zero attached hydrogens (tertiary/aromatic N) is 3. The van der Waals surface area contributed by atoms with E-state index in [4.69, 9.17) is 11.6 Å².